The predicted octanol–water partition coefficient (Wildman–Crippen LogP) is 0.327. The molecule has 1 amide bonds. The largest absolute Gasteiger partial charge is 0.396 e. The van der Waals surface area contributed by atoms with E-state index in [1.165, 1.54) is 10.6 Å². The Bertz CT molecular complexity index is 397. The number of piperidine rings is 1. The fourth-order valence-corrected chi connectivity index (χ4v) is 3.32. The van der Waals surface area contributed by atoms with Gasteiger partial charge in [0.05, 0.1) is 12.2 Å². The molecule has 0 radical (unpaired) electrons. The average molecular weight is 306 g/mol. The second-order valence-electron chi connectivity index (χ2n) is 5.39. The topological polar surface area (TPSA) is 86.7 Å². The number of carbonyl (C=O) groups is 1. The lowest BCUT2D eigenvalue weighted by molar-refractivity contribution is -0.126. The maximum absolute atomic E-state index is 12.0. The quantitative estimate of drug-likeness (QED) is 0.633. The molecular weight excluding hydrogens is 280 g/mol. The first-order chi connectivity index (χ1) is 9.45. The summed E-state index contributed by atoms with van der Waals surface area (Å²) in [7, 11) is -3.20. The van der Waals surface area contributed by atoms with Gasteiger partial charge in [0.25, 0.3) is 0 Å². The van der Waals surface area contributed by atoms with Crippen LogP contribution in [-0.4, -0.2) is 56.2 Å². The van der Waals surface area contributed by atoms with E-state index in [4.69, 9.17) is 5.11 Å². The summed E-state index contributed by atoms with van der Waals surface area (Å²) < 4.78 is 24.4. The molecule has 6 nitrogen and oxygen atoms in total. The van der Waals surface area contributed by atoms with E-state index in [9.17, 15) is 13.2 Å². The molecule has 1 unspecified atom stereocenters. The predicted molar refractivity (Wildman–Crippen MR) is 77.7 cm³/mol. The SMILES string of the molecule is CS(=O)(=O)N1CCCC(C(=O)NCCCCCCO)C1. The van der Waals surface area contributed by atoms with Crippen molar-refractivity contribution in [2.75, 3.05) is 32.5 Å². The minimum absolute atomic E-state index is 0.0412. The minimum atomic E-state index is -3.20. The normalized spacial score (nSPS) is 20.8. The highest BCUT2D eigenvalue weighted by molar-refractivity contribution is 7.88. The zero-order valence-corrected chi connectivity index (χ0v) is 13.0. The highest BCUT2D eigenvalue weighted by atomic mass is 32.2. The van der Waals surface area contributed by atoms with Crippen LogP contribution in [0.15, 0.2) is 0 Å². The molecule has 0 spiro atoms. The van der Waals surface area contributed by atoms with Crippen LogP contribution >= 0.6 is 0 Å². The molecule has 1 rings (SSSR count). The van der Waals surface area contributed by atoms with Gasteiger partial charge in [0.2, 0.25) is 15.9 Å². The lowest BCUT2D eigenvalue weighted by atomic mass is 9.99. The van der Waals surface area contributed by atoms with Crippen molar-refractivity contribution >= 4 is 15.9 Å². The van der Waals surface area contributed by atoms with Crippen LogP contribution in [0.25, 0.3) is 0 Å². The Labute approximate surface area is 121 Å². The summed E-state index contributed by atoms with van der Waals surface area (Å²) >= 11 is 0. The number of hydrogen-bond donors (Lipinski definition) is 2. The summed E-state index contributed by atoms with van der Waals surface area (Å²) in [6.07, 6.45) is 6.34. The summed E-state index contributed by atoms with van der Waals surface area (Å²) in [6, 6.07) is 0. The van der Waals surface area contributed by atoms with Crippen LogP contribution in [0.3, 0.4) is 0 Å². The second kappa shape index (κ2) is 8.59. The second-order valence-corrected chi connectivity index (χ2v) is 7.37. The standard InChI is InChI=1S/C13H26N2O4S/c1-20(18,19)15-9-6-7-12(11-15)13(17)14-8-4-2-3-5-10-16/h12,16H,2-11H2,1H3,(H,14,17). The van der Waals surface area contributed by atoms with E-state index in [0.29, 0.717) is 19.6 Å². The van der Waals surface area contributed by atoms with E-state index in [0.717, 1.165) is 38.5 Å². The van der Waals surface area contributed by atoms with E-state index < -0.39 is 10.0 Å². The molecule has 0 bridgehead atoms. The molecule has 0 aliphatic carbocycles. The fourth-order valence-electron chi connectivity index (χ4n) is 2.40. The van der Waals surface area contributed by atoms with Crippen LogP contribution in [0, 0.1) is 5.92 Å². The molecule has 1 saturated heterocycles. The number of unbranched alkanes of at least 4 members (excludes halogenated alkanes) is 3. The van der Waals surface area contributed by atoms with Crippen molar-refractivity contribution in [2.24, 2.45) is 5.92 Å². The molecule has 0 aromatic rings. The molecule has 118 valence electrons. The minimum Gasteiger partial charge on any atom is -0.396 e. The molecule has 1 aliphatic rings. The zero-order chi connectivity index (χ0) is 15.0. The van der Waals surface area contributed by atoms with Gasteiger partial charge in [-0.15, -0.1) is 0 Å². The number of hydrogen-bond acceptors (Lipinski definition) is 4. The Morgan fingerprint density at radius 3 is 2.65 bits per heavy atom. The van der Waals surface area contributed by atoms with Gasteiger partial charge in [0.15, 0.2) is 0 Å². The molecule has 0 aromatic heterocycles. The van der Waals surface area contributed by atoms with Crippen molar-refractivity contribution in [3.8, 4) is 0 Å². The van der Waals surface area contributed by atoms with Gasteiger partial charge in [-0.25, -0.2) is 12.7 Å². The number of rotatable bonds is 8. The summed E-state index contributed by atoms with van der Waals surface area (Å²) in [5, 5.41) is 11.5. The third-order valence-corrected chi connectivity index (χ3v) is 4.88. The van der Waals surface area contributed by atoms with Crippen molar-refractivity contribution in [3.05, 3.63) is 0 Å². The zero-order valence-electron chi connectivity index (χ0n) is 12.2. The Hall–Kier alpha value is -0.660. The van der Waals surface area contributed by atoms with Crippen LogP contribution in [0.5, 0.6) is 0 Å². The third-order valence-electron chi connectivity index (χ3n) is 3.61. The molecule has 2 N–H and O–H groups in total. The highest BCUT2D eigenvalue weighted by Gasteiger charge is 2.29. The Kier molecular flexibility index (Phi) is 7.47. The van der Waals surface area contributed by atoms with Crippen molar-refractivity contribution in [2.45, 2.75) is 38.5 Å². The Morgan fingerprint density at radius 1 is 1.30 bits per heavy atom. The lowest BCUT2D eigenvalue weighted by Gasteiger charge is -2.30. The molecule has 1 aliphatic heterocycles. The van der Waals surface area contributed by atoms with Gasteiger partial charge in [-0.05, 0) is 25.7 Å². The Balaban J connectivity index is 2.26. The van der Waals surface area contributed by atoms with Gasteiger partial charge in [0.1, 0.15) is 0 Å². The van der Waals surface area contributed by atoms with Crippen molar-refractivity contribution in [1.82, 2.24) is 9.62 Å². The van der Waals surface area contributed by atoms with Crippen LogP contribution < -0.4 is 5.32 Å². The average Bonchev–Trinajstić information content (AvgIpc) is 2.41. The van der Waals surface area contributed by atoms with Gasteiger partial charge >= 0.3 is 0 Å². The first-order valence-electron chi connectivity index (χ1n) is 7.29. The van der Waals surface area contributed by atoms with Crippen LogP contribution in [-0.2, 0) is 14.8 Å². The van der Waals surface area contributed by atoms with Gasteiger partial charge in [-0.3, -0.25) is 4.79 Å². The van der Waals surface area contributed by atoms with Crippen LogP contribution in [0.4, 0.5) is 0 Å². The maximum Gasteiger partial charge on any atom is 0.224 e. The van der Waals surface area contributed by atoms with Gasteiger partial charge in [0, 0.05) is 26.2 Å². The number of nitrogens with zero attached hydrogens (tertiary/aromatic N) is 1. The summed E-state index contributed by atoms with van der Waals surface area (Å²) in [6.45, 7) is 1.66. The molecule has 20 heavy (non-hydrogen) atoms. The monoisotopic (exact) mass is 306 g/mol. The number of aliphatic hydroxyl groups is 1. The summed E-state index contributed by atoms with van der Waals surface area (Å²) in [5.41, 5.74) is 0. The highest BCUT2D eigenvalue weighted by Crippen LogP contribution is 2.18. The first kappa shape index (κ1) is 17.4. The number of amides is 1. The molecular formula is C13H26N2O4S. The molecule has 1 heterocycles. The van der Waals surface area contributed by atoms with Crippen molar-refractivity contribution in [3.63, 3.8) is 0 Å². The molecule has 0 aromatic carbocycles. The van der Waals surface area contributed by atoms with Gasteiger partial charge in [-0.1, -0.05) is 12.8 Å². The first-order valence-corrected chi connectivity index (χ1v) is 9.13. The molecule has 0 saturated carbocycles. The number of sulfonamides is 1. The number of carbonyl (C=O) groups excluding carboxylic acids is 1. The Morgan fingerprint density at radius 2 is 2.00 bits per heavy atom. The number of aliphatic hydroxyl groups excluding tert-OH is 1. The summed E-state index contributed by atoms with van der Waals surface area (Å²) in [4.78, 5) is 12.0. The van der Waals surface area contributed by atoms with E-state index in [1.807, 2.05) is 0 Å². The van der Waals surface area contributed by atoms with E-state index >= 15 is 0 Å². The number of nitrogens with one attached hydrogen (secondary N) is 1. The van der Waals surface area contributed by atoms with Gasteiger partial charge < -0.3 is 10.4 Å². The third kappa shape index (κ3) is 6.19. The maximum atomic E-state index is 12.0. The molecule has 7 heteroatoms. The van der Waals surface area contributed by atoms with Crippen LogP contribution in [0.1, 0.15) is 38.5 Å². The van der Waals surface area contributed by atoms with E-state index in [-0.39, 0.29) is 18.4 Å². The van der Waals surface area contributed by atoms with E-state index in [2.05, 4.69) is 5.32 Å². The molecule has 1 atom stereocenters. The smallest absolute Gasteiger partial charge is 0.224 e. The van der Waals surface area contributed by atoms with Crippen molar-refractivity contribution in [1.29, 1.82) is 0 Å². The lowest BCUT2D eigenvalue weighted by Crippen LogP contribution is -2.45. The van der Waals surface area contributed by atoms with E-state index in [1.54, 1.807) is 0 Å². The van der Waals surface area contributed by atoms with Crippen molar-refractivity contribution < 1.29 is 18.3 Å². The fraction of sp³-hybridized carbons (Fsp3) is 0.923. The molecule has 1 fully saturated rings. The van der Waals surface area contributed by atoms with Gasteiger partial charge in [-0.2, -0.15) is 0 Å². The summed E-state index contributed by atoms with van der Waals surface area (Å²) in [5.74, 6) is -0.267. The van der Waals surface area contributed by atoms with Crippen LogP contribution in [0.2, 0.25) is 0 Å².